The largest absolute Gasteiger partial charge is 0.219 e. The second-order valence-electron chi connectivity index (χ2n) is 6.05. The summed E-state index contributed by atoms with van der Waals surface area (Å²) in [4.78, 5) is 0.797. The summed E-state index contributed by atoms with van der Waals surface area (Å²) in [6, 6.07) is 14.4. The molecule has 2 aromatic rings. The van der Waals surface area contributed by atoms with Crippen molar-refractivity contribution in [3.8, 4) is 0 Å². The molecule has 0 saturated heterocycles. The Bertz CT molecular complexity index is 748. The molecule has 0 radical (unpaired) electrons. The van der Waals surface area contributed by atoms with Gasteiger partial charge in [0.2, 0.25) is 9.84 Å². The lowest BCUT2D eigenvalue weighted by atomic mass is 9.81. The van der Waals surface area contributed by atoms with Crippen LogP contribution in [0, 0.1) is 0 Å². The maximum atomic E-state index is 12.7. The van der Waals surface area contributed by atoms with Crippen LogP contribution in [0.1, 0.15) is 49.7 Å². The van der Waals surface area contributed by atoms with Gasteiger partial charge in [0.25, 0.3) is 0 Å². The minimum absolute atomic E-state index is 0.371. The van der Waals surface area contributed by atoms with E-state index in [0.717, 1.165) is 12.8 Å². The molecule has 0 fully saturated rings. The molecule has 0 aromatic heterocycles. The van der Waals surface area contributed by atoms with Crippen LogP contribution in [0.5, 0.6) is 0 Å². The van der Waals surface area contributed by atoms with Gasteiger partial charge in [-0.25, -0.2) is 8.42 Å². The monoisotopic (exact) mass is 314 g/mol. The maximum absolute atomic E-state index is 12.7. The van der Waals surface area contributed by atoms with E-state index in [9.17, 15) is 8.42 Å². The van der Waals surface area contributed by atoms with Crippen molar-refractivity contribution in [1.82, 2.24) is 0 Å². The molecule has 3 rings (SSSR count). The fourth-order valence-corrected chi connectivity index (χ4v) is 4.77. The summed E-state index contributed by atoms with van der Waals surface area (Å²) >= 11 is 0. The summed E-state index contributed by atoms with van der Waals surface area (Å²) in [5.41, 5.74) is 2.59. The van der Waals surface area contributed by atoms with Crippen LogP contribution in [0.2, 0.25) is 0 Å². The van der Waals surface area contributed by atoms with Crippen LogP contribution in [0.15, 0.2) is 58.3 Å². The Morgan fingerprint density at radius 2 is 1.82 bits per heavy atom. The SMILES string of the molecule is CCC[C@H]1CCCc2cc(S(=O)(=O)c3ccccc3)ccc21. The molecule has 0 N–H and O–H groups in total. The van der Waals surface area contributed by atoms with Crippen LogP contribution in [-0.4, -0.2) is 8.42 Å². The molecule has 1 aliphatic rings. The quantitative estimate of drug-likeness (QED) is 0.817. The fourth-order valence-electron chi connectivity index (χ4n) is 3.44. The van der Waals surface area contributed by atoms with Crippen molar-refractivity contribution in [2.75, 3.05) is 0 Å². The highest BCUT2D eigenvalue weighted by Crippen LogP contribution is 2.36. The number of aryl methyl sites for hydroxylation is 1. The number of hydrogen-bond donors (Lipinski definition) is 0. The molecular weight excluding hydrogens is 292 g/mol. The summed E-state index contributed by atoms with van der Waals surface area (Å²) in [5.74, 6) is 0.599. The van der Waals surface area contributed by atoms with Crippen LogP contribution in [-0.2, 0) is 16.3 Å². The van der Waals surface area contributed by atoms with Gasteiger partial charge in [0.1, 0.15) is 0 Å². The number of rotatable bonds is 4. The molecule has 0 spiro atoms. The second kappa shape index (κ2) is 6.25. The number of benzene rings is 2. The van der Waals surface area contributed by atoms with Crippen LogP contribution in [0.25, 0.3) is 0 Å². The Kier molecular flexibility index (Phi) is 4.34. The molecule has 0 aliphatic heterocycles. The van der Waals surface area contributed by atoms with Gasteiger partial charge >= 0.3 is 0 Å². The first kappa shape index (κ1) is 15.3. The highest BCUT2D eigenvalue weighted by atomic mass is 32.2. The van der Waals surface area contributed by atoms with Gasteiger partial charge < -0.3 is 0 Å². The summed E-state index contributed by atoms with van der Waals surface area (Å²) in [7, 11) is -3.40. The van der Waals surface area contributed by atoms with E-state index >= 15 is 0 Å². The molecule has 0 saturated carbocycles. The molecule has 2 aromatic carbocycles. The van der Waals surface area contributed by atoms with E-state index in [2.05, 4.69) is 6.92 Å². The maximum Gasteiger partial charge on any atom is 0.206 e. The molecule has 2 nitrogen and oxygen atoms in total. The van der Waals surface area contributed by atoms with E-state index in [1.165, 1.54) is 30.4 Å². The van der Waals surface area contributed by atoms with Crippen molar-refractivity contribution in [1.29, 1.82) is 0 Å². The Hall–Kier alpha value is -1.61. The highest BCUT2D eigenvalue weighted by molar-refractivity contribution is 7.91. The zero-order valence-electron chi connectivity index (χ0n) is 13.0. The van der Waals surface area contributed by atoms with Gasteiger partial charge in [0.05, 0.1) is 9.79 Å². The Labute approximate surface area is 133 Å². The topological polar surface area (TPSA) is 34.1 Å². The van der Waals surface area contributed by atoms with Gasteiger partial charge in [0, 0.05) is 0 Å². The summed E-state index contributed by atoms with van der Waals surface area (Å²) in [5, 5.41) is 0. The normalized spacial score (nSPS) is 18.0. The van der Waals surface area contributed by atoms with E-state index in [1.807, 2.05) is 18.2 Å². The van der Waals surface area contributed by atoms with Gasteiger partial charge in [-0.15, -0.1) is 0 Å². The number of fused-ring (bicyclic) bond motifs is 1. The van der Waals surface area contributed by atoms with Gasteiger partial charge in [-0.05, 0) is 67.0 Å². The minimum Gasteiger partial charge on any atom is -0.219 e. The van der Waals surface area contributed by atoms with E-state index in [-0.39, 0.29) is 0 Å². The third-order valence-corrected chi connectivity index (χ3v) is 6.32. The van der Waals surface area contributed by atoms with Gasteiger partial charge in [-0.2, -0.15) is 0 Å². The first-order valence-corrected chi connectivity index (χ1v) is 9.54. The smallest absolute Gasteiger partial charge is 0.206 e. The minimum atomic E-state index is -3.40. The van der Waals surface area contributed by atoms with Crippen LogP contribution < -0.4 is 0 Å². The molecule has 1 atom stereocenters. The van der Waals surface area contributed by atoms with Crippen molar-refractivity contribution >= 4 is 9.84 Å². The van der Waals surface area contributed by atoms with Gasteiger partial charge in [0.15, 0.2) is 0 Å². The first-order chi connectivity index (χ1) is 10.6. The summed E-state index contributed by atoms with van der Waals surface area (Å²) in [6.07, 6.45) is 5.75. The lowest BCUT2D eigenvalue weighted by Crippen LogP contribution is -2.11. The van der Waals surface area contributed by atoms with Gasteiger partial charge in [-0.1, -0.05) is 37.6 Å². The van der Waals surface area contributed by atoms with Crippen molar-refractivity contribution in [2.45, 2.75) is 54.7 Å². The molecule has 0 bridgehead atoms. The molecule has 1 aliphatic carbocycles. The number of hydrogen-bond acceptors (Lipinski definition) is 2. The zero-order chi connectivity index (χ0) is 15.6. The third kappa shape index (κ3) is 2.82. The lowest BCUT2D eigenvalue weighted by molar-refractivity contribution is 0.514. The predicted octanol–water partition coefficient (Wildman–Crippen LogP) is 4.74. The molecule has 22 heavy (non-hydrogen) atoms. The van der Waals surface area contributed by atoms with E-state index < -0.39 is 9.84 Å². The Morgan fingerprint density at radius 1 is 1.05 bits per heavy atom. The second-order valence-corrected chi connectivity index (χ2v) is 8.00. The van der Waals surface area contributed by atoms with Crippen molar-refractivity contribution < 1.29 is 8.42 Å². The summed E-state index contributed by atoms with van der Waals surface area (Å²) < 4.78 is 25.5. The third-order valence-electron chi connectivity index (χ3n) is 4.55. The van der Waals surface area contributed by atoms with Crippen molar-refractivity contribution in [3.05, 3.63) is 59.7 Å². The van der Waals surface area contributed by atoms with E-state index in [0.29, 0.717) is 15.7 Å². The molecule has 0 unspecified atom stereocenters. The van der Waals surface area contributed by atoms with Crippen LogP contribution in [0.3, 0.4) is 0 Å². The molecule has 3 heteroatoms. The Morgan fingerprint density at radius 3 is 2.55 bits per heavy atom. The van der Waals surface area contributed by atoms with E-state index in [4.69, 9.17) is 0 Å². The van der Waals surface area contributed by atoms with Crippen LogP contribution in [0.4, 0.5) is 0 Å². The highest BCUT2D eigenvalue weighted by Gasteiger charge is 2.23. The lowest BCUT2D eigenvalue weighted by Gasteiger charge is -2.25. The van der Waals surface area contributed by atoms with Crippen molar-refractivity contribution in [2.24, 2.45) is 0 Å². The predicted molar refractivity (Wildman–Crippen MR) is 88.9 cm³/mol. The molecule has 116 valence electrons. The van der Waals surface area contributed by atoms with Crippen LogP contribution >= 0.6 is 0 Å². The first-order valence-electron chi connectivity index (χ1n) is 8.06. The Balaban J connectivity index is 2.01. The molecule has 0 heterocycles. The standard InChI is InChI=1S/C19H22O2S/c1-2-7-15-8-6-9-16-14-18(12-13-19(15)16)22(20,21)17-10-4-3-5-11-17/h3-5,10-15H,2,6-9H2,1H3/t15-/m0/s1. The van der Waals surface area contributed by atoms with E-state index in [1.54, 1.807) is 30.3 Å². The average Bonchev–Trinajstić information content (AvgIpc) is 2.56. The van der Waals surface area contributed by atoms with Crippen molar-refractivity contribution in [3.63, 3.8) is 0 Å². The van der Waals surface area contributed by atoms with Gasteiger partial charge in [-0.3, -0.25) is 0 Å². The fraction of sp³-hybridized carbons (Fsp3) is 0.368. The zero-order valence-corrected chi connectivity index (χ0v) is 13.8. The average molecular weight is 314 g/mol. The molecule has 0 amide bonds. The molecular formula is C19H22O2S. The summed E-state index contributed by atoms with van der Waals surface area (Å²) in [6.45, 7) is 2.21. The number of sulfone groups is 1.